The molecular weight excluding hydrogens is 346 g/mol. The predicted molar refractivity (Wildman–Crippen MR) is 90.1 cm³/mol. The van der Waals surface area contributed by atoms with Crippen molar-refractivity contribution < 1.29 is 27.5 Å². The topological polar surface area (TPSA) is 90.0 Å². The van der Waals surface area contributed by atoms with E-state index in [-0.39, 0.29) is 16.2 Å². The second-order valence-corrected chi connectivity index (χ2v) is 7.37. The van der Waals surface area contributed by atoms with Gasteiger partial charge in [0.15, 0.2) is 0 Å². The summed E-state index contributed by atoms with van der Waals surface area (Å²) in [5.74, 6) is -0.986. The standard InChI is InChI=1S/C17H17NO6S/c1-18(2)25(21,22)15-6-4-5-13(11-15)17(20)24-14-9-7-12(8-10-14)16(19)23-3/h4-11H,1-3H3. The highest BCUT2D eigenvalue weighted by molar-refractivity contribution is 7.89. The summed E-state index contributed by atoms with van der Waals surface area (Å²) in [6, 6.07) is 11.4. The maximum atomic E-state index is 12.2. The molecule has 0 N–H and O–H groups in total. The third kappa shape index (κ3) is 4.23. The highest BCUT2D eigenvalue weighted by Crippen LogP contribution is 2.18. The Balaban J connectivity index is 2.20. The average molecular weight is 363 g/mol. The van der Waals surface area contributed by atoms with Crippen LogP contribution in [0.2, 0.25) is 0 Å². The van der Waals surface area contributed by atoms with Crippen molar-refractivity contribution in [2.45, 2.75) is 4.90 Å². The first-order chi connectivity index (χ1) is 11.8. The van der Waals surface area contributed by atoms with Crippen LogP contribution in [0.1, 0.15) is 20.7 Å². The average Bonchev–Trinajstić information content (AvgIpc) is 2.61. The Morgan fingerprint density at radius 3 is 2.12 bits per heavy atom. The minimum absolute atomic E-state index is 0.00649. The Hall–Kier alpha value is -2.71. The molecule has 0 heterocycles. The van der Waals surface area contributed by atoms with Gasteiger partial charge in [0.05, 0.1) is 23.1 Å². The fourth-order valence-electron chi connectivity index (χ4n) is 1.94. The van der Waals surface area contributed by atoms with Crippen molar-refractivity contribution in [1.82, 2.24) is 4.31 Å². The summed E-state index contributed by atoms with van der Waals surface area (Å²) in [5.41, 5.74) is 0.418. The van der Waals surface area contributed by atoms with Gasteiger partial charge < -0.3 is 9.47 Å². The number of hydrogen-bond donors (Lipinski definition) is 0. The molecule has 0 unspecified atom stereocenters. The summed E-state index contributed by atoms with van der Waals surface area (Å²) >= 11 is 0. The first-order valence-corrected chi connectivity index (χ1v) is 8.63. The van der Waals surface area contributed by atoms with Crippen LogP contribution in [0.5, 0.6) is 5.75 Å². The number of esters is 2. The van der Waals surface area contributed by atoms with Crippen molar-refractivity contribution in [3.05, 3.63) is 59.7 Å². The van der Waals surface area contributed by atoms with Crippen LogP contribution < -0.4 is 4.74 Å². The molecule has 2 aromatic carbocycles. The Kier molecular flexibility index (Phi) is 5.55. The van der Waals surface area contributed by atoms with E-state index in [0.29, 0.717) is 5.56 Å². The third-order valence-corrected chi connectivity index (χ3v) is 5.15. The molecule has 0 fully saturated rings. The fourth-order valence-corrected chi connectivity index (χ4v) is 2.89. The Bertz CT molecular complexity index is 888. The van der Waals surface area contributed by atoms with E-state index in [2.05, 4.69) is 4.74 Å². The highest BCUT2D eigenvalue weighted by atomic mass is 32.2. The van der Waals surface area contributed by atoms with Gasteiger partial charge in [0.1, 0.15) is 5.75 Å². The molecule has 0 saturated carbocycles. The number of rotatable bonds is 5. The van der Waals surface area contributed by atoms with E-state index >= 15 is 0 Å². The van der Waals surface area contributed by atoms with E-state index in [1.165, 1.54) is 69.7 Å². The number of sulfonamides is 1. The van der Waals surface area contributed by atoms with Crippen LogP contribution >= 0.6 is 0 Å². The van der Waals surface area contributed by atoms with Gasteiger partial charge in [0, 0.05) is 14.1 Å². The van der Waals surface area contributed by atoms with Crippen LogP contribution in [0, 0.1) is 0 Å². The second-order valence-electron chi connectivity index (χ2n) is 5.22. The van der Waals surface area contributed by atoms with Crippen molar-refractivity contribution >= 4 is 22.0 Å². The Morgan fingerprint density at radius 1 is 0.920 bits per heavy atom. The van der Waals surface area contributed by atoms with E-state index in [9.17, 15) is 18.0 Å². The third-order valence-electron chi connectivity index (χ3n) is 3.33. The largest absolute Gasteiger partial charge is 0.465 e. The zero-order valence-corrected chi connectivity index (χ0v) is 14.7. The summed E-state index contributed by atoms with van der Waals surface area (Å²) in [6.45, 7) is 0. The Labute approximate surface area is 145 Å². The van der Waals surface area contributed by atoms with Crippen LogP contribution in [0.4, 0.5) is 0 Å². The van der Waals surface area contributed by atoms with Gasteiger partial charge in [-0.15, -0.1) is 0 Å². The molecule has 132 valence electrons. The molecule has 7 nitrogen and oxygen atoms in total. The molecule has 0 bridgehead atoms. The van der Waals surface area contributed by atoms with Gasteiger partial charge in [-0.3, -0.25) is 0 Å². The monoisotopic (exact) mass is 363 g/mol. The summed E-state index contributed by atoms with van der Waals surface area (Å²) in [6.07, 6.45) is 0. The first kappa shape index (κ1) is 18.6. The highest BCUT2D eigenvalue weighted by Gasteiger charge is 2.19. The lowest BCUT2D eigenvalue weighted by molar-refractivity contribution is 0.0600. The number of benzene rings is 2. The SMILES string of the molecule is COC(=O)c1ccc(OC(=O)c2cccc(S(=O)(=O)N(C)C)c2)cc1. The molecular formula is C17H17NO6S. The van der Waals surface area contributed by atoms with Gasteiger partial charge in [0.25, 0.3) is 0 Å². The molecule has 0 atom stereocenters. The molecule has 0 aliphatic heterocycles. The maximum absolute atomic E-state index is 12.2. The van der Waals surface area contributed by atoms with E-state index in [0.717, 1.165) is 4.31 Å². The first-order valence-electron chi connectivity index (χ1n) is 7.19. The van der Waals surface area contributed by atoms with Gasteiger partial charge in [-0.25, -0.2) is 22.3 Å². The lowest BCUT2D eigenvalue weighted by Gasteiger charge is -2.12. The van der Waals surface area contributed by atoms with Crippen molar-refractivity contribution in [2.75, 3.05) is 21.2 Å². The summed E-state index contributed by atoms with van der Waals surface area (Å²) < 4.78 is 35.1. The van der Waals surface area contributed by atoms with Crippen LogP contribution in [0.3, 0.4) is 0 Å². The van der Waals surface area contributed by atoms with E-state index < -0.39 is 22.0 Å². The molecule has 8 heteroatoms. The van der Waals surface area contributed by atoms with Crippen LogP contribution in [0.25, 0.3) is 0 Å². The minimum Gasteiger partial charge on any atom is -0.465 e. The van der Waals surface area contributed by atoms with Gasteiger partial charge in [-0.2, -0.15) is 0 Å². The molecule has 2 aromatic rings. The van der Waals surface area contributed by atoms with Crippen molar-refractivity contribution in [3.8, 4) is 5.75 Å². The van der Waals surface area contributed by atoms with E-state index in [1.54, 1.807) is 0 Å². The van der Waals surface area contributed by atoms with Gasteiger partial charge in [-0.1, -0.05) is 6.07 Å². The second kappa shape index (κ2) is 7.45. The molecule has 0 amide bonds. The smallest absolute Gasteiger partial charge is 0.343 e. The quantitative estimate of drug-likeness (QED) is 0.596. The number of methoxy groups -OCH3 is 1. The molecule has 0 aliphatic carbocycles. The molecule has 0 aromatic heterocycles. The number of carbonyl (C=O) groups excluding carboxylic acids is 2. The van der Waals surface area contributed by atoms with E-state index in [4.69, 9.17) is 4.74 Å². The zero-order valence-electron chi connectivity index (χ0n) is 13.9. The van der Waals surface area contributed by atoms with E-state index in [1.807, 2.05) is 0 Å². The maximum Gasteiger partial charge on any atom is 0.343 e. The Morgan fingerprint density at radius 2 is 1.56 bits per heavy atom. The van der Waals surface area contributed by atoms with Crippen LogP contribution in [0.15, 0.2) is 53.4 Å². The number of ether oxygens (including phenoxy) is 2. The minimum atomic E-state index is -3.65. The van der Waals surface area contributed by atoms with Crippen LogP contribution in [-0.4, -0.2) is 45.9 Å². The van der Waals surface area contributed by atoms with Gasteiger partial charge >= 0.3 is 11.9 Å². The summed E-state index contributed by atoms with van der Waals surface area (Å²) in [5, 5.41) is 0. The number of carbonyl (C=O) groups is 2. The lowest BCUT2D eigenvalue weighted by Crippen LogP contribution is -2.22. The lowest BCUT2D eigenvalue weighted by atomic mass is 10.2. The molecule has 0 spiro atoms. The van der Waals surface area contributed by atoms with Crippen molar-refractivity contribution in [2.24, 2.45) is 0 Å². The molecule has 0 aliphatic rings. The van der Waals surface area contributed by atoms with Crippen LogP contribution in [-0.2, 0) is 14.8 Å². The number of hydrogen-bond acceptors (Lipinski definition) is 6. The summed E-state index contributed by atoms with van der Waals surface area (Å²) in [7, 11) is 0.431. The van der Waals surface area contributed by atoms with Gasteiger partial charge in [0.2, 0.25) is 10.0 Å². The van der Waals surface area contributed by atoms with Crippen molar-refractivity contribution in [1.29, 1.82) is 0 Å². The number of nitrogens with zero attached hydrogens (tertiary/aromatic N) is 1. The zero-order chi connectivity index (χ0) is 18.6. The molecule has 2 rings (SSSR count). The molecule has 0 radical (unpaired) electrons. The summed E-state index contributed by atoms with van der Waals surface area (Å²) in [4.78, 5) is 23.6. The van der Waals surface area contributed by atoms with Crippen molar-refractivity contribution in [3.63, 3.8) is 0 Å². The molecule has 0 saturated heterocycles. The van der Waals surface area contributed by atoms with Gasteiger partial charge in [-0.05, 0) is 42.5 Å². The normalized spacial score (nSPS) is 11.2. The predicted octanol–water partition coefficient (Wildman–Crippen LogP) is 1.94. The molecule has 25 heavy (non-hydrogen) atoms. The fraction of sp³-hybridized carbons (Fsp3) is 0.176.